The first-order chi connectivity index (χ1) is 54.6. The third kappa shape index (κ3) is 32.1. The van der Waals surface area contributed by atoms with Crippen LogP contribution in [0.5, 0.6) is 28.7 Å². The Labute approximate surface area is 663 Å². The molecule has 0 radical (unpaired) electrons. The Morgan fingerprint density at radius 2 is 0.735 bits per heavy atom. The van der Waals surface area contributed by atoms with E-state index in [0.29, 0.717) is 153 Å². The van der Waals surface area contributed by atoms with E-state index in [1.54, 1.807) is 26.4 Å². The molecule has 0 aliphatic carbocycles. The largest absolute Gasteiger partial charge is 0.497 e. The fourth-order valence-corrected chi connectivity index (χ4v) is 12.9. The lowest BCUT2D eigenvalue weighted by atomic mass is 9.96. The van der Waals surface area contributed by atoms with Crippen LogP contribution in [0.2, 0.25) is 0 Å². The average Bonchev–Trinajstić information content (AvgIpc) is 1.62. The number of benzene rings is 6. The Morgan fingerprint density at radius 3 is 1.11 bits per heavy atom. The maximum atomic E-state index is 13.3. The monoisotopic (exact) mass is 1560 g/mol. The Balaban J connectivity index is 0.000000264. The van der Waals surface area contributed by atoms with E-state index in [1.807, 2.05) is 127 Å². The van der Waals surface area contributed by atoms with Gasteiger partial charge in [-0.15, -0.1) is 0 Å². The van der Waals surface area contributed by atoms with E-state index in [-0.39, 0.29) is 99.8 Å². The maximum Gasteiger partial charge on any atom is 0.238 e. The molecule has 2 aliphatic heterocycles. The third-order valence-electron chi connectivity index (χ3n) is 19.3. The first kappa shape index (κ1) is 91.7. The number of rotatable bonds is 47. The number of amides is 6. The molecule has 21 N–H and O–H groups in total. The molecule has 2 heterocycles. The van der Waals surface area contributed by atoms with Gasteiger partial charge in [-0.05, 0) is 133 Å². The molecule has 6 aromatic rings. The van der Waals surface area contributed by atoms with E-state index < -0.39 is 54.0 Å². The molecular formula is C84H119N15O14. The van der Waals surface area contributed by atoms with Gasteiger partial charge in [-0.1, -0.05) is 109 Å². The van der Waals surface area contributed by atoms with Crippen molar-refractivity contribution in [2.24, 2.45) is 51.6 Å². The summed E-state index contributed by atoms with van der Waals surface area (Å²) in [5, 5.41) is 8.42. The van der Waals surface area contributed by atoms with Crippen LogP contribution in [-0.4, -0.2) is 216 Å². The third-order valence-corrected chi connectivity index (χ3v) is 19.3. The van der Waals surface area contributed by atoms with Gasteiger partial charge in [0.2, 0.25) is 35.4 Å². The molecule has 2 aliphatic rings. The Morgan fingerprint density at radius 1 is 0.381 bits per heavy atom. The van der Waals surface area contributed by atoms with Gasteiger partial charge in [0.15, 0.2) is 28.8 Å². The van der Waals surface area contributed by atoms with Gasteiger partial charge in [0.25, 0.3) is 0 Å². The molecule has 113 heavy (non-hydrogen) atoms. The van der Waals surface area contributed by atoms with Gasteiger partial charge in [-0.2, -0.15) is 0 Å². The number of hydrogen-bond donors (Lipinski definition) is 12. The number of methoxy groups -OCH3 is 2. The van der Waals surface area contributed by atoms with E-state index in [1.165, 1.54) is 14.7 Å². The number of nitrogens with two attached hydrogens (primary N) is 9. The number of fused-ring (bicyclic) bond motifs is 2. The van der Waals surface area contributed by atoms with Crippen LogP contribution in [-0.2, 0) is 88.1 Å². The van der Waals surface area contributed by atoms with Gasteiger partial charge in [0.1, 0.15) is 30.5 Å². The number of Topliss-reactive ketones (excluding diaryl/α,β-unsaturated/α-hetero) is 3. The lowest BCUT2D eigenvalue weighted by Crippen LogP contribution is -2.51. The summed E-state index contributed by atoms with van der Waals surface area (Å²) in [5.41, 5.74) is 58.9. The van der Waals surface area contributed by atoms with E-state index in [9.17, 15) is 43.2 Å². The molecule has 614 valence electrons. The zero-order valence-electron chi connectivity index (χ0n) is 65.5. The number of aryl methyl sites for hydroxylation is 6. The second kappa shape index (κ2) is 50.7. The highest BCUT2D eigenvalue weighted by Gasteiger charge is 2.31. The number of carbonyl (C=O) groups excluding carboxylic acids is 9. The van der Waals surface area contributed by atoms with Crippen LogP contribution in [0.3, 0.4) is 0 Å². The lowest BCUT2D eigenvalue weighted by Gasteiger charge is -2.24. The van der Waals surface area contributed by atoms with Crippen LogP contribution in [0, 0.1) is 0 Å². The SMILES string of the molecule is COc1ccc(OC)c(CCC(=O)[C@H](CCc2ccccc2)NC(=O)[C@@H](N)CC(=O)N(CCN)CCN)c1.NCCN(CCN)C(=O)C[C@H](N)C(=O)N[C@@H](CCc1ccccc1)C(=O)CCc1ccc2c(c1)CCO2.NCCN(CCN)C(=O)C[C@H](N)C(=O)N[C@@H](CCc1ccccc1)C(=O)CCc1ccc2c(c1)OCCO2. The van der Waals surface area contributed by atoms with Crippen molar-refractivity contribution in [1.82, 2.24) is 30.7 Å². The first-order valence-corrected chi connectivity index (χ1v) is 38.9. The second-order valence-corrected chi connectivity index (χ2v) is 27.7. The van der Waals surface area contributed by atoms with Crippen LogP contribution >= 0.6 is 0 Å². The van der Waals surface area contributed by atoms with Gasteiger partial charge in [-0.25, -0.2) is 0 Å². The Kier molecular flexibility index (Phi) is 41.1. The molecule has 0 unspecified atom stereocenters. The molecule has 0 fully saturated rings. The first-order valence-electron chi connectivity index (χ1n) is 38.9. The van der Waals surface area contributed by atoms with E-state index in [2.05, 4.69) is 22.0 Å². The zero-order valence-corrected chi connectivity index (χ0v) is 65.5. The smallest absolute Gasteiger partial charge is 0.238 e. The number of ether oxygens (including phenoxy) is 5. The highest BCUT2D eigenvalue weighted by molar-refractivity contribution is 5.95. The van der Waals surface area contributed by atoms with Crippen LogP contribution in [0.4, 0.5) is 0 Å². The summed E-state index contributed by atoms with van der Waals surface area (Å²) in [7, 11) is 3.14. The lowest BCUT2D eigenvalue weighted by molar-refractivity contribution is -0.135. The van der Waals surface area contributed by atoms with Crippen molar-refractivity contribution in [2.45, 2.75) is 139 Å². The summed E-state index contributed by atoms with van der Waals surface area (Å²) in [4.78, 5) is 121. The number of nitrogens with zero attached hydrogens (tertiary/aromatic N) is 3. The summed E-state index contributed by atoms with van der Waals surface area (Å²) in [6, 6.07) is 40.9. The van der Waals surface area contributed by atoms with Crippen LogP contribution in [0.25, 0.3) is 0 Å². The fraction of sp³-hybridized carbons (Fsp3) is 0.464. The van der Waals surface area contributed by atoms with Crippen LogP contribution in [0.1, 0.15) is 96.7 Å². The molecule has 0 saturated carbocycles. The quantitative estimate of drug-likeness (QED) is 0.0260. The summed E-state index contributed by atoms with van der Waals surface area (Å²) >= 11 is 0. The van der Waals surface area contributed by atoms with Crippen molar-refractivity contribution in [3.05, 3.63) is 185 Å². The second-order valence-electron chi connectivity index (χ2n) is 27.7. The van der Waals surface area contributed by atoms with Crippen molar-refractivity contribution < 1.29 is 66.8 Å². The van der Waals surface area contributed by atoms with Crippen molar-refractivity contribution in [3.63, 3.8) is 0 Å². The molecule has 29 heteroatoms. The minimum Gasteiger partial charge on any atom is -0.497 e. The van der Waals surface area contributed by atoms with E-state index >= 15 is 0 Å². The Hall–Kier alpha value is -10.2. The molecule has 6 aromatic carbocycles. The summed E-state index contributed by atoms with van der Waals surface area (Å²) in [6.07, 6.45) is 5.56. The molecule has 0 bridgehead atoms. The molecular weight excluding hydrogens is 1440 g/mol. The molecule has 0 saturated heterocycles. The summed E-state index contributed by atoms with van der Waals surface area (Å²) in [6.45, 7) is 5.42. The molecule has 0 spiro atoms. The zero-order chi connectivity index (χ0) is 81.9. The van der Waals surface area contributed by atoms with Crippen molar-refractivity contribution in [2.75, 3.05) is 113 Å². The maximum absolute atomic E-state index is 13.3. The molecule has 0 aromatic heterocycles. The molecule has 8 rings (SSSR count). The fourth-order valence-electron chi connectivity index (χ4n) is 12.9. The Bertz CT molecular complexity index is 3920. The van der Waals surface area contributed by atoms with E-state index in [4.69, 9.17) is 75.3 Å². The van der Waals surface area contributed by atoms with Crippen LogP contribution < -0.4 is 91.2 Å². The number of hydrogen-bond acceptors (Lipinski definition) is 23. The average molecular weight is 1560 g/mol. The molecule has 6 atom stereocenters. The van der Waals surface area contributed by atoms with Gasteiger partial charge < -0.3 is 106 Å². The number of carbonyl (C=O) groups is 9. The van der Waals surface area contributed by atoms with Gasteiger partial charge >= 0.3 is 0 Å². The standard InChI is InChI=1S/C28H39N5O5.C28H41N5O5.C28H39N5O4/c29-12-14-33(15-13-30)27(35)19-22(31)28(36)32-23(9-6-20-4-2-1-3-5-20)24(34)10-7-21-8-11-25-26(18-21)38-17-16-37-25;1-37-22-10-13-26(38-2)21(18-22)9-12-25(34)24(11-8-20-6-4-3-5-7-20)32-28(36)23(31)19-27(35)33(16-14-29)17-15-30;29-13-15-33(16-14-30)27(35)19-23(31)28(36)32-24(9-6-20-4-2-1-3-5-20)25(34)10-7-21-8-11-26-22(18-21)12-17-37-26/h1-5,8,11,18,22-23H,6-7,9-10,12-17,19,29-31H2,(H,32,36);3-7,10,13,18,23-24H,8-9,11-12,14-17,19,29-31H2,1-2H3,(H,32,36);1-5,8,11,18,23-24H,6-7,9-10,12-17,19,29-31H2,(H,32,36)/t22-,23-;2*23-,24-/m000/s1. The number of nitrogens with one attached hydrogen (secondary N) is 3. The predicted octanol–water partition coefficient (Wildman–Crippen LogP) is 2.03. The molecule has 6 amide bonds. The van der Waals surface area contributed by atoms with E-state index in [0.717, 1.165) is 51.1 Å². The van der Waals surface area contributed by atoms with Crippen molar-refractivity contribution in [3.8, 4) is 28.7 Å². The topological polar surface area (TPSA) is 480 Å². The van der Waals surface area contributed by atoms with Crippen molar-refractivity contribution >= 4 is 52.8 Å². The summed E-state index contributed by atoms with van der Waals surface area (Å²) < 4.78 is 27.5. The minimum absolute atomic E-state index is 0.0625. The highest BCUT2D eigenvalue weighted by atomic mass is 16.6. The number of ketones is 3. The van der Waals surface area contributed by atoms with Gasteiger partial charge in [-0.3, -0.25) is 43.2 Å². The highest BCUT2D eigenvalue weighted by Crippen LogP contribution is 2.32. The normalized spacial score (nSPS) is 13.3. The summed E-state index contributed by atoms with van der Waals surface area (Å²) in [5.74, 6) is 0.796. The van der Waals surface area contributed by atoms with Gasteiger partial charge in [0, 0.05) is 104 Å². The van der Waals surface area contributed by atoms with Gasteiger partial charge in [0.05, 0.1) is 76.3 Å². The van der Waals surface area contributed by atoms with Crippen molar-refractivity contribution in [1.29, 1.82) is 0 Å². The minimum atomic E-state index is -1.11. The predicted molar refractivity (Wildman–Crippen MR) is 435 cm³/mol. The van der Waals surface area contributed by atoms with Crippen LogP contribution in [0.15, 0.2) is 146 Å². The molecule has 29 nitrogen and oxygen atoms in total.